The largest absolute Gasteiger partial charge is 0.352 e. The number of hydrogen-bond donors (Lipinski definition) is 1. The molecule has 0 bridgehead atoms. The molecule has 1 saturated carbocycles. The van der Waals surface area contributed by atoms with Gasteiger partial charge in [0.05, 0.1) is 11.7 Å². The van der Waals surface area contributed by atoms with E-state index in [1.165, 1.54) is 28.7 Å². The van der Waals surface area contributed by atoms with Crippen LogP contribution in [0.15, 0.2) is 41.5 Å². The van der Waals surface area contributed by atoms with Crippen molar-refractivity contribution in [1.82, 2.24) is 14.9 Å². The van der Waals surface area contributed by atoms with Crippen LogP contribution in [0.1, 0.15) is 38.2 Å². The standard InChI is InChI=1S/C22H25N3O2S/c1-14-8-6-7-11-17(14)24-18(26)12-25-13-23-21-19(22(25)27)15(2)20(28-21)16-9-4-3-5-10-16/h3-5,9-10,13-14,17H,6-8,11-12H2,1-2H3,(H,24,26)/t14-,17+/m0/s1. The van der Waals surface area contributed by atoms with Crippen LogP contribution in [0, 0.1) is 12.8 Å². The van der Waals surface area contributed by atoms with Gasteiger partial charge in [0.25, 0.3) is 5.56 Å². The van der Waals surface area contributed by atoms with E-state index >= 15 is 0 Å². The highest BCUT2D eigenvalue weighted by atomic mass is 32.1. The molecule has 3 aromatic rings. The summed E-state index contributed by atoms with van der Waals surface area (Å²) in [6.07, 6.45) is 6.05. The number of aryl methyl sites for hydroxylation is 1. The fourth-order valence-corrected chi connectivity index (χ4v) is 5.22. The van der Waals surface area contributed by atoms with Crippen molar-refractivity contribution in [3.8, 4) is 10.4 Å². The number of amides is 1. The molecule has 146 valence electrons. The molecule has 1 aliphatic rings. The number of rotatable bonds is 4. The van der Waals surface area contributed by atoms with Crippen LogP contribution in [0.5, 0.6) is 0 Å². The first-order valence-electron chi connectivity index (χ1n) is 9.88. The molecule has 0 spiro atoms. The van der Waals surface area contributed by atoms with Gasteiger partial charge in [0.15, 0.2) is 0 Å². The van der Waals surface area contributed by atoms with Crippen LogP contribution in [-0.2, 0) is 11.3 Å². The van der Waals surface area contributed by atoms with Crippen molar-refractivity contribution < 1.29 is 4.79 Å². The second-order valence-corrected chi connectivity index (χ2v) is 8.71. The number of nitrogens with zero attached hydrogens (tertiary/aromatic N) is 2. The molecule has 2 atom stereocenters. The SMILES string of the molecule is Cc1c(-c2ccccc2)sc2ncn(CC(=O)N[C@@H]3CCCC[C@@H]3C)c(=O)c12. The van der Waals surface area contributed by atoms with Gasteiger partial charge in [-0.15, -0.1) is 11.3 Å². The zero-order valence-electron chi connectivity index (χ0n) is 16.3. The van der Waals surface area contributed by atoms with Gasteiger partial charge in [-0.25, -0.2) is 4.98 Å². The average Bonchev–Trinajstić information content (AvgIpc) is 3.04. The van der Waals surface area contributed by atoms with Gasteiger partial charge >= 0.3 is 0 Å². The number of fused-ring (bicyclic) bond motifs is 1. The number of hydrogen-bond acceptors (Lipinski definition) is 4. The zero-order valence-corrected chi connectivity index (χ0v) is 17.1. The monoisotopic (exact) mass is 395 g/mol. The molecular weight excluding hydrogens is 370 g/mol. The summed E-state index contributed by atoms with van der Waals surface area (Å²) in [5, 5.41) is 3.73. The zero-order chi connectivity index (χ0) is 19.7. The number of aromatic nitrogens is 2. The molecule has 0 aliphatic heterocycles. The fourth-order valence-electron chi connectivity index (χ4n) is 4.07. The minimum Gasteiger partial charge on any atom is -0.352 e. The van der Waals surface area contributed by atoms with E-state index in [9.17, 15) is 9.59 Å². The minimum absolute atomic E-state index is 0.0148. The maximum atomic E-state index is 13.0. The molecule has 4 rings (SSSR count). The normalized spacial score (nSPS) is 19.6. The molecule has 1 aromatic carbocycles. The van der Waals surface area contributed by atoms with Gasteiger partial charge in [-0.05, 0) is 36.8 Å². The Morgan fingerprint density at radius 3 is 2.75 bits per heavy atom. The average molecular weight is 396 g/mol. The second kappa shape index (κ2) is 7.87. The molecule has 1 N–H and O–H groups in total. The van der Waals surface area contributed by atoms with E-state index in [4.69, 9.17) is 0 Å². The van der Waals surface area contributed by atoms with Crippen molar-refractivity contribution in [2.45, 2.75) is 52.1 Å². The van der Waals surface area contributed by atoms with E-state index < -0.39 is 0 Å². The van der Waals surface area contributed by atoms with Crippen molar-refractivity contribution in [3.63, 3.8) is 0 Å². The molecule has 6 heteroatoms. The number of carbonyl (C=O) groups excluding carboxylic acids is 1. The Labute approximate surface area is 168 Å². The van der Waals surface area contributed by atoms with Crippen LogP contribution >= 0.6 is 11.3 Å². The van der Waals surface area contributed by atoms with Crippen molar-refractivity contribution in [2.24, 2.45) is 5.92 Å². The minimum atomic E-state index is -0.146. The molecule has 2 heterocycles. The van der Waals surface area contributed by atoms with E-state index in [1.54, 1.807) is 0 Å². The van der Waals surface area contributed by atoms with Gasteiger partial charge in [-0.3, -0.25) is 14.2 Å². The van der Waals surface area contributed by atoms with Crippen LogP contribution in [0.4, 0.5) is 0 Å². The van der Waals surface area contributed by atoms with Crippen molar-refractivity contribution in [1.29, 1.82) is 0 Å². The third-order valence-corrected chi connectivity index (χ3v) is 6.97. The lowest BCUT2D eigenvalue weighted by molar-refractivity contribution is -0.123. The lowest BCUT2D eigenvalue weighted by Crippen LogP contribution is -2.43. The Hall–Kier alpha value is -2.47. The smallest absolute Gasteiger partial charge is 0.262 e. The summed E-state index contributed by atoms with van der Waals surface area (Å²) < 4.78 is 1.43. The van der Waals surface area contributed by atoms with Gasteiger partial charge in [0.2, 0.25) is 5.91 Å². The van der Waals surface area contributed by atoms with Gasteiger partial charge in [-0.1, -0.05) is 50.1 Å². The van der Waals surface area contributed by atoms with Crippen LogP contribution in [0.2, 0.25) is 0 Å². The predicted molar refractivity (Wildman–Crippen MR) is 114 cm³/mol. The predicted octanol–water partition coefficient (Wildman–Crippen LogP) is 4.13. The number of benzene rings is 1. The first kappa shape index (κ1) is 18.9. The van der Waals surface area contributed by atoms with E-state index in [0.29, 0.717) is 11.3 Å². The first-order chi connectivity index (χ1) is 13.5. The van der Waals surface area contributed by atoms with E-state index in [0.717, 1.165) is 40.1 Å². The Kier molecular flexibility index (Phi) is 5.31. The summed E-state index contributed by atoms with van der Waals surface area (Å²) in [6.45, 7) is 4.16. The Balaban J connectivity index is 1.60. The highest BCUT2D eigenvalue weighted by Gasteiger charge is 2.23. The Bertz CT molecular complexity index is 1050. The molecular formula is C22H25N3O2S. The second-order valence-electron chi connectivity index (χ2n) is 7.72. The van der Waals surface area contributed by atoms with Gasteiger partial charge in [-0.2, -0.15) is 0 Å². The van der Waals surface area contributed by atoms with E-state index in [1.807, 2.05) is 37.3 Å². The van der Waals surface area contributed by atoms with Crippen molar-refractivity contribution in [2.75, 3.05) is 0 Å². The molecule has 1 amide bonds. The number of carbonyl (C=O) groups is 1. The lowest BCUT2D eigenvalue weighted by Gasteiger charge is -2.29. The van der Waals surface area contributed by atoms with Gasteiger partial charge in [0, 0.05) is 10.9 Å². The molecule has 1 aliphatic carbocycles. The summed E-state index contributed by atoms with van der Waals surface area (Å²) >= 11 is 1.52. The maximum Gasteiger partial charge on any atom is 0.262 e. The number of nitrogens with one attached hydrogen (secondary N) is 1. The molecule has 1 fully saturated rings. The van der Waals surface area contributed by atoms with Crippen molar-refractivity contribution >= 4 is 27.5 Å². The lowest BCUT2D eigenvalue weighted by atomic mass is 9.86. The van der Waals surface area contributed by atoms with Crippen LogP contribution in [0.25, 0.3) is 20.7 Å². The van der Waals surface area contributed by atoms with Crippen molar-refractivity contribution in [3.05, 3.63) is 52.6 Å². The topological polar surface area (TPSA) is 64.0 Å². The molecule has 0 unspecified atom stereocenters. The van der Waals surface area contributed by atoms with Gasteiger partial charge in [0.1, 0.15) is 11.4 Å². The van der Waals surface area contributed by atoms with E-state index in [2.05, 4.69) is 17.2 Å². The molecule has 2 aromatic heterocycles. The van der Waals surface area contributed by atoms with Crippen LogP contribution in [-0.4, -0.2) is 21.5 Å². The molecule has 5 nitrogen and oxygen atoms in total. The summed E-state index contributed by atoms with van der Waals surface area (Å²) in [4.78, 5) is 31.8. The summed E-state index contributed by atoms with van der Waals surface area (Å²) in [7, 11) is 0. The highest BCUT2D eigenvalue weighted by Crippen LogP contribution is 2.35. The molecule has 0 saturated heterocycles. The molecule has 0 radical (unpaired) electrons. The van der Waals surface area contributed by atoms with Gasteiger partial charge < -0.3 is 5.32 Å². The summed E-state index contributed by atoms with van der Waals surface area (Å²) in [5.41, 5.74) is 1.87. The third-order valence-electron chi connectivity index (χ3n) is 5.73. The summed E-state index contributed by atoms with van der Waals surface area (Å²) in [5.74, 6) is 0.376. The third kappa shape index (κ3) is 3.61. The first-order valence-corrected chi connectivity index (χ1v) is 10.7. The maximum absolute atomic E-state index is 13.0. The Morgan fingerprint density at radius 2 is 2.00 bits per heavy atom. The van der Waals surface area contributed by atoms with E-state index in [-0.39, 0.29) is 24.1 Å². The van der Waals surface area contributed by atoms with Crippen LogP contribution < -0.4 is 10.9 Å². The van der Waals surface area contributed by atoms with Crippen LogP contribution in [0.3, 0.4) is 0 Å². The molecule has 28 heavy (non-hydrogen) atoms. The number of thiophene rings is 1. The Morgan fingerprint density at radius 1 is 1.25 bits per heavy atom. The highest BCUT2D eigenvalue weighted by molar-refractivity contribution is 7.22. The quantitative estimate of drug-likeness (QED) is 0.722. The summed E-state index contributed by atoms with van der Waals surface area (Å²) in [6, 6.07) is 10.2. The fraction of sp³-hybridized carbons (Fsp3) is 0.409.